The number of ether oxygens (including phenoxy) is 2. The van der Waals surface area contributed by atoms with E-state index in [0.717, 1.165) is 12.1 Å². The highest BCUT2D eigenvalue weighted by molar-refractivity contribution is 5.98. The number of carbonyl (C=O) groups is 1. The van der Waals surface area contributed by atoms with Crippen LogP contribution in [0.5, 0.6) is 17.2 Å². The van der Waals surface area contributed by atoms with Gasteiger partial charge in [-0.15, -0.1) is 13.2 Å². The number of pyridine rings is 1. The normalized spacial score (nSPS) is 11.1. The van der Waals surface area contributed by atoms with Gasteiger partial charge in [0.2, 0.25) is 5.95 Å². The van der Waals surface area contributed by atoms with Crippen molar-refractivity contribution in [2.75, 3.05) is 5.73 Å². The molecule has 1 heterocycles. The summed E-state index contributed by atoms with van der Waals surface area (Å²) in [5.41, 5.74) is 6.25. The summed E-state index contributed by atoms with van der Waals surface area (Å²) in [6.45, 7) is 0.129. The molecule has 0 aliphatic carbocycles. The van der Waals surface area contributed by atoms with Gasteiger partial charge < -0.3 is 20.5 Å². The Balaban J connectivity index is 1.63. The number of nitrogens with zero attached hydrogens (tertiary/aromatic N) is 1. The SMILES string of the molecule is Nc1nc(F)ccc1C(=O)NCc1ccc(Oc2ccccc2OC(F)(F)F)cc1. The van der Waals surface area contributed by atoms with Crippen molar-refractivity contribution in [2.24, 2.45) is 0 Å². The second-order valence-corrected chi connectivity index (χ2v) is 5.99. The minimum atomic E-state index is -4.84. The van der Waals surface area contributed by atoms with Crippen LogP contribution in [0.25, 0.3) is 0 Å². The lowest BCUT2D eigenvalue weighted by molar-refractivity contribution is -0.275. The van der Waals surface area contributed by atoms with Crippen molar-refractivity contribution in [2.45, 2.75) is 12.9 Å². The van der Waals surface area contributed by atoms with E-state index in [4.69, 9.17) is 10.5 Å². The Labute approximate surface area is 168 Å². The van der Waals surface area contributed by atoms with Crippen molar-refractivity contribution in [1.82, 2.24) is 10.3 Å². The molecule has 2 aromatic carbocycles. The van der Waals surface area contributed by atoms with Crippen LogP contribution in [0.3, 0.4) is 0 Å². The third kappa shape index (κ3) is 5.60. The molecule has 0 unspecified atom stereocenters. The summed E-state index contributed by atoms with van der Waals surface area (Å²) in [4.78, 5) is 15.5. The molecule has 0 saturated heterocycles. The van der Waals surface area contributed by atoms with Crippen molar-refractivity contribution in [3.8, 4) is 17.2 Å². The van der Waals surface area contributed by atoms with Gasteiger partial charge in [0.25, 0.3) is 5.91 Å². The molecule has 0 fully saturated rings. The van der Waals surface area contributed by atoms with E-state index >= 15 is 0 Å². The van der Waals surface area contributed by atoms with E-state index in [0.29, 0.717) is 5.56 Å². The van der Waals surface area contributed by atoms with E-state index in [1.807, 2.05) is 0 Å². The Morgan fingerprint density at radius 3 is 2.30 bits per heavy atom. The molecular formula is C20H15F4N3O3. The first-order valence-corrected chi connectivity index (χ1v) is 8.53. The van der Waals surface area contributed by atoms with Crippen molar-refractivity contribution >= 4 is 11.7 Å². The fourth-order valence-electron chi connectivity index (χ4n) is 2.47. The molecule has 30 heavy (non-hydrogen) atoms. The number of aromatic nitrogens is 1. The molecule has 0 aliphatic rings. The lowest BCUT2D eigenvalue weighted by Gasteiger charge is -2.14. The third-order valence-electron chi connectivity index (χ3n) is 3.81. The molecule has 0 atom stereocenters. The maximum absolute atomic E-state index is 13.0. The van der Waals surface area contributed by atoms with E-state index in [-0.39, 0.29) is 29.4 Å². The fraction of sp³-hybridized carbons (Fsp3) is 0.100. The topological polar surface area (TPSA) is 86.5 Å². The Morgan fingerprint density at radius 1 is 1.00 bits per heavy atom. The largest absolute Gasteiger partial charge is 0.573 e. The Morgan fingerprint density at radius 2 is 1.67 bits per heavy atom. The van der Waals surface area contributed by atoms with Crippen LogP contribution in [0, 0.1) is 5.95 Å². The highest BCUT2D eigenvalue weighted by Gasteiger charge is 2.32. The summed E-state index contributed by atoms with van der Waals surface area (Å²) in [5, 5.41) is 2.61. The van der Waals surface area contributed by atoms with E-state index in [1.54, 1.807) is 12.1 Å². The lowest BCUT2D eigenvalue weighted by atomic mass is 10.2. The summed E-state index contributed by atoms with van der Waals surface area (Å²) in [5.74, 6) is -1.84. The second-order valence-electron chi connectivity index (χ2n) is 5.99. The van der Waals surface area contributed by atoms with Gasteiger partial charge in [0, 0.05) is 6.54 Å². The Kier molecular flexibility index (Phi) is 6.05. The minimum absolute atomic E-state index is 0.0395. The van der Waals surface area contributed by atoms with Crippen LogP contribution >= 0.6 is 0 Å². The van der Waals surface area contributed by atoms with Gasteiger partial charge in [-0.25, -0.2) is 4.98 Å². The molecular weight excluding hydrogens is 406 g/mol. The molecule has 0 saturated carbocycles. The maximum atomic E-state index is 13.0. The van der Waals surface area contributed by atoms with Crippen LogP contribution in [-0.2, 0) is 6.54 Å². The van der Waals surface area contributed by atoms with Crippen LogP contribution in [-0.4, -0.2) is 17.3 Å². The molecule has 1 amide bonds. The van der Waals surface area contributed by atoms with E-state index in [1.165, 1.54) is 36.4 Å². The average Bonchev–Trinajstić information content (AvgIpc) is 2.67. The average molecular weight is 421 g/mol. The van der Waals surface area contributed by atoms with Crippen molar-refractivity contribution in [3.05, 3.63) is 77.7 Å². The monoisotopic (exact) mass is 421 g/mol. The van der Waals surface area contributed by atoms with Gasteiger partial charge in [-0.1, -0.05) is 24.3 Å². The first-order valence-electron chi connectivity index (χ1n) is 8.53. The van der Waals surface area contributed by atoms with Crippen LogP contribution in [0.15, 0.2) is 60.7 Å². The van der Waals surface area contributed by atoms with Crippen LogP contribution in [0.4, 0.5) is 23.4 Å². The van der Waals surface area contributed by atoms with Crippen molar-refractivity contribution in [3.63, 3.8) is 0 Å². The van der Waals surface area contributed by atoms with Gasteiger partial charge >= 0.3 is 6.36 Å². The molecule has 10 heteroatoms. The maximum Gasteiger partial charge on any atom is 0.573 e. The zero-order valence-corrected chi connectivity index (χ0v) is 15.2. The van der Waals surface area contributed by atoms with E-state index < -0.39 is 24.0 Å². The number of hydrogen-bond acceptors (Lipinski definition) is 5. The number of nitrogens with two attached hydrogens (primary N) is 1. The number of nitrogen functional groups attached to an aromatic ring is 1. The summed E-state index contributed by atoms with van der Waals surface area (Å²) in [7, 11) is 0. The molecule has 0 bridgehead atoms. The number of anilines is 1. The number of para-hydroxylation sites is 2. The van der Waals surface area contributed by atoms with Gasteiger partial charge in [0.05, 0.1) is 5.56 Å². The van der Waals surface area contributed by atoms with E-state index in [2.05, 4.69) is 15.0 Å². The first-order chi connectivity index (χ1) is 14.2. The standard InChI is InChI=1S/C20H15F4N3O3/c21-17-10-9-14(18(25)27-17)19(28)26-11-12-5-7-13(8-6-12)29-15-3-1-2-4-16(15)30-20(22,23)24/h1-10H,11H2,(H2,25,27)(H,26,28). The number of benzene rings is 2. The van der Waals surface area contributed by atoms with Crippen LogP contribution < -0.4 is 20.5 Å². The molecule has 0 radical (unpaired) electrons. The summed E-state index contributed by atoms with van der Waals surface area (Å²) in [6.07, 6.45) is -4.84. The lowest BCUT2D eigenvalue weighted by Crippen LogP contribution is -2.24. The minimum Gasteiger partial charge on any atom is -0.453 e. The van der Waals surface area contributed by atoms with Crippen molar-refractivity contribution in [1.29, 1.82) is 0 Å². The number of nitrogens with one attached hydrogen (secondary N) is 1. The predicted molar refractivity (Wildman–Crippen MR) is 99.4 cm³/mol. The molecule has 3 rings (SSSR count). The fourth-order valence-corrected chi connectivity index (χ4v) is 2.47. The summed E-state index contributed by atoms with van der Waals surface area (Å²) in [6, 6.07) is 13.9. The Bertz CT molecular complexity index is 1040. The van der Waals surface area contributed by atoms with Crippen LogP contribution in [0.1, 0.15) is 15.9 Å². The van der Waals surface area contributed by atoms with E-state index in [9.17, 15) is 22.4 Å². The summed E-state index contributed by atoms with van der Waals surface area (Å²) < 4.78 is 59.8. The second kappa shape index (κ2) is 8.68. The Hall–Kier alpha value is -3.82. The highest BCUT2D eigenvalue weighted by atomic mass is 19.4. The predicted octanol–water partition coefficient (Wildman–Crippen LogP) is 4.42. The molecule has 3 N–H and O–H groups in total. The summed E-state index contributed by atoms with van der Waals surface area (Å²) >= 11 is 0. The molecule has 6 nitrogen and oxygen atoms in total. The number of amides is 1. The zero-order valence-electron chi connectivity index (χ0n) is 15.2. The highest BCUT2D eigenvalue weighted by Crippen LogP contribution is 2.34. The number of alkyl halides is 3. The molecule has 0 spiro atoms. The first kappa shape index (κ1) is 20.9. The quantitative estimate of drug-likeness (QED) is 0.455. The molecule has 1 aromatic heterocycles. The third-order valence-corrected chi connectivity index (χ3v) is 3.81. The van der Waals surface area contributed by atoms with Gasteiger partial charge in [-0.05, 0) is 42.0 Å². The number of rotatable bonds is 6. The van der Waals surface area contributed by atoms with Gasteiger partial charge in [0.15, 0.2) is 11.5 Å². The molecule has 156 valence electrons. The number of carbonyl (C=O) groups excluding carboxylic acids is 1. The van der Waals surface area contributed by atoms with Crippen LogP contribution in [0.2, 0.25) is 0 Å². The van der Waals surface area contributed by atoms with Gasteiger partial charge in [-0.2, -0.15) is 4.39 Å². The molecule has 0 aliphatic heterocycles. The number of hydrogen-bond donors (Lipinski definition) is 2. The zero-order chi connectivity index (χ0) is 21.7. The molecule has 3 aromatic rings. The number of halogens is 4. The van der Waals surface area contributed by atoms with Crippen molar-refractivity contribution < 1.29 is 31.8 Å². The van der Waals surface area contributed by atoms with Gasteiger partial charge in [-0.3, -0.25) is 4.79 Å². The van der Waals surface area contributed by atoms with Gasteiger partial charge in [0.1, 0.15) is 11.6 Å². The smallest absolute Gasteiger partial charge is 0.453 e.